The van der Waals surface area contributed by atoms with E-state index in [0.717, 1.165) is 5.56 Å². The summed E-state index contributed by atoms with van der Waals surface area (Å²) in [5, 5.41) is 2.86. The van der Waals surface area contributed by atoms with Crippen LogP contribution in [0.15, 0.2) is 42.5 Å². The second-order valence-electron chi connectivity index (χ2n) is 4.78. The van der Waals surface area contributed by atoms with Gasteiger partial charge >= 0.3 is 0 Å². The number of hydrogen-bond acceptors (Lipinski definition) is 3. The van der Waals surface area contributed by atoms with Crippen molar-refractivity contribution in [2.75, 3.05) is 19.5 Å². The molecule has 0 heterocycles. The summed E-state index contributed by atoms with van der Waals surface area (Å²) in [4.78, 5) is 12.0. The number of anilines is 1. The lowest BCUT2D eigenvalue weighted by Crippen LogP contribution is -2.14. The van der Waals surface area contributed by atoms with E-state index in [4.69, 9.17) is 9.47 Å². The average Bonchev–Trinajstić information content (AvgIpc) is 2.49. The first-order chi connectivity index (χ1) is 10.1. The molecule has 0 spiro atoms. The number of hydrogen-bond donors (Lipinski definition) is 1. The Morgan fingerprint density at radius 3 is 2.29 bits per heavy atom. The van der Waals surface area contributed by atoms with Crippen LogP contribution >= 0.6 is 0 Å². The van der Waals surface area contributed by atoms with E-state index in [1.54, 1.807) is 32.4 Å². The normalized spacial score (nSPS) is 10.0. The summed E-state index contributed by atoms with van der Waals surface area (Å²) in [6.07, 6.45) is 0.342. The van der Waals surface area contributed by atoms with Crippen LogP contribution in [0.4, 0.5) is 5.69 Å². The summed E-state index contributed by atoms with van der Waals surface area (Å²) in [5.41, 5.74) is 2.85. The number of methoxy groups -OCH3 is 2. The monoisotopic (exact) mass is 285 g/mol. The van der Waals surface area contributed by atoms with Crippen LogP contribution in [0.3, 0.4) is 0 Å². The maximum atomic E-state index is 12.0. The van der Waals surface area contributed by atoms with Gasteiger partial charge in [0, 0.05) is 11.8 Å². The molecule has 0 saturated heterocycles. The first-order valence-electron chi connectivity index (χ1n) is 6.70. The van der Waals surface area contributed by atoms with E-state index in [-0.39, 0.29) is 5.91 Å². The highest BCUT2D eigenvalue weighted by molar-refractivity contribution is 5.92. The molecule has 0 aliphatic carbocycles. The second kappa shape index (κ2) is 6.79. The smallest absolute Gasteiger partial charge is 0.228 e. The fourth-order valence-corrected chi connectivity index (χ4v) is 2.01. The van der Waals surface area contributed by atoms with Gasteiger partial charge in [0.15, 0.2) is 11.5 Å². The van der Waals surface area contributed by atoms with Crippen molar-refractivity contribution in [1.29, 1.82) is 0 Å². The first kappa shape index (κ1) is 14.9. The van der Waals surface area contributed by atoms with Crippen LogP contribution in [0, 0.1) is 6.92 Å². The Bertz CT molecular complexity index is 620. The van der Waals surface area contributed by atoms with Crippen molar-refractivity contribution in [3.05, 3.63) is 53.6 Å². The molecule has 1 N–H and O–H groups in total. The van der Waals surface area contributed by atoms with E-state index in [0.29, 0.717) is 23.6 Å². The SMILES string of the molecule is COc1ccc(NC(=O)Cc2ccc(C)cc2)cc1OC. The molecule has 0 aliphatic rings. The Balaban J connectivity index is 2.04. The number of carbonyl (C=O) groups is 1. The van der Waals surface area contributed by atoms with Crippen LogP contribution in [0.5, 0.6) is 11.5 Å². The molecule has 0 aromatic heterocycles. The Kier molecular flexibility index (Phi) is 4.82. The third kappa shape index (κ3) is 3.99. The summed E-state index contributed by atoms with van der Waals surface area (Å²) in [6.45, 7) is 2.02. The zero-order valence-corrected chi connectivity index (χ0v) is 12.5. The van der Waals surface area contributed by atoms with Gasteiger partial charge in [-0.3, -0.25) is 4.79 Å². The summed E-state index contributed by atoms with van der Waals surface area (Å²) in [6, 6.07) is 13.2. The van der Waals surface area contributed by atoms with Crippen molar-refractivity contribution >= 4 is 11.6 Å². The molecule has 1 amide bonds. The molecule has 21 heavy (non-hydrogen) atoms. The molecule has 0 bridgehead atoms. The minimum Gasteiger partial charge on any atom is -0.493 e. The van der Waals surface area contributed by atoms with Crippen LogP contribution in [-0.2, 0) is 11.2 Å². The lowest BCUT2D eigenvalue weighted by molar-refractivity contribution is -0.115. The zero-order valence-electron chi connectivity index (χ0n) is 12.5. The van der Waals surface area contributed by atoms with E-state index in [2.05, 4.69) is 5.32 Å². The third-order valence-corrected chi connectivity index (χ3v) is 3.15. The van der Waals surface area contributed by atoms with E-state index in [1.807, 2.05) is 31.2 Å². The van der Waals surface area contributed by atoms with Gasteiger partial charge in [-0.15, -0.1) is 0 Å². The van der Waals surface area contributed by atoms with Gasteiger partial charge in [0.2, 0.25) is 5.91 Å². The molecule has 2 aromatic carbocycles. The molecule has 0 aliphatic heterocycles. The van der Waals surface area contributed by atoms with Crippen molar-refractivity contribution < 1.29 is 14.3 Å². The van der Waals surface area contributed by atoms with Gasteiger partial charge in [-0.2, -0.15) is 0 Å². The first-order valence-corrected chi connectivity index (χ1v) is 6.70. The number of benzene rings is 2. The fraction of sp³-hybridized carbons (Fsp3) is 0.235. The lowest BCUT2D eigenvalue weighted by atomic mass is 10.1. The molecule has 0 unspecified atom stereocenters. The molecule has 4 nitrogen and oxygen atoms in total. The van der Waals surface area contributed by atoms with E-state index < -0.39 is 0 Å². The maximum absolute atomic E-state index is 12.0. The van der Waals surface area contributed by atoms with Crippen molar-refractivity contribution in [2.24, 2.45) is 0 Å². The average molecular weight is 285 g/mol. The largest absolute Gasteiger partial charge is 0.493 e. The highest BCUT2D eigenvalue weighted by Crippen LogP contribution is 2.29. The van der Waals surface area contributed by atoms with Gasteiger partial charge in [-0.25, -0.2) is 0 Å². The van der Waals surface area contributed by atoms with Crippen LogP contribution < -0.4 is 14.8 Å². The Morgan fingerprint density at radius 1 is 1.00 bits per heavy atom. The minimum atomic E-state index is -0.0638. The molecule has 2 aromatic rings. The van der Waals surface area contributed by atoms with Crippen LogP contribution in [0.25, 0.3) is 0 Å². The Labute approximate surface area is 124 Å². The summed E-state index contributed by atoms with van der Waals surface area (Å²) < 4.78 is 10.4. The van der Waals surface area contributed by atoms with E-state index >= 15 is 0 Å². The van der Waals surface area contributed by atoms with Crippen molar-refractivity contribution in [1.82, 2.24) is 0 Å². The summed E-state index contributed by atoms with van der Waals surface area (Å²) in [7, 11) is 3.14. The minimum absolute atomic E-state index is 0.0638. The second-order valence-corrected chi connectivity index (χ2v) is 4.78. The molecule has 4 heteroatoms. The lowest BCUT2D eigenvalue weighted by Gasteiger charge is -2.10. The topological polar surface area (TPSA) is 47.6 Å². The van der Waals surface area contributed by atoms with E-state index in [9.17, 15) is 4.79 Å². The van der Waals surface area contributed by atoms with Gasteiger partial charge in [-0.1, -0.05) is 29.8 Å². The maximum Gasteiger partial charge on any atom is 0.228 e. The predicted octanol–water partition coefficient (Wildman–Crippen LogP) is 3.19. The number of rotatable bonds is 5. The van der Waals surface area contributed by atoms with Gasteiger partial charge in [-0.05, 0) is 24.6 Å². The zero-order chi connectivity index (χ0) is 15.2. The van der Waals surface area contributed by atoms with Crippen LogP contribution in [0.1, 0.15) is 11.1 Å². The molecular formula is C17H19NO3. The van der Waals surface area contributed by atoms with Crippen molar-refractivity contribution in [3.63, 3.8) is 0 Å². The molecule has 0 saturated carbocycles. The number of aryl methyl sites for hydroxylation is 1. The highest BCUT2D eigenvalue weighted by Gasteiger charge is 2.08. The van der Waals surface area contributed by atoms with Crippen molar-refractivity contribution in [3.8, 4) is 11.5 Å². The summed E-state index contributed by atoms with van der Waals surface area (Å²) >= 11 is 0. The number of ether oxygens (including phenoxy) is 2. The number of carbonyl (C=O) groups excluding carboxylic acids is 1. The Morgan fingerprint density at radius 2 is 1.67 bits per heavy atom. The number of nitrogens with one attached hydrogen (secondary N) is 1. The molecule has 0 fully saturated rings. The third-order valence-electron chi connectivity index (χ3n) is 3.15. The van der Waals surface area contributed by atoms with Crippen LogP contribution in [0.2, 0.25) is 0 Å². The Hall–Kier alpha value is -2.49. The molecule has 0 radical (unpaired) electrons. The quantitative estimate of drug-likeness (QED) is 0.917. The standard InChI is InChI=1S/C17H19NO3/c1-12-4-6-13(7-5-12)10-17(19)18-14-8-9-15(20-2)16(11-14)21-3/h4-9,11H,10H2,1-3H3,(H,18,19). The van der Waals surface area contributed by atoms with Gasteiger partial charge < -0.3 is 14.8 Å². The van der Waals surface area contributed by atoms with Crippen molar-refractivity contribution in [2.45, 2.75) is 13.3 Å². The molecule has 0 atom stereocenters. The predicted molar refractivity (Wildman–Crippen MR) is 83.1 cm³/mol. The van der Waals surface area contributed by atoms with Crippen LogP contribution in [-0.4, -0.2) is 20.1 Å². The molecular weight excluding hydrogens is 266 g/mol. The molecule has 2 rings (SSSR count). The van der Waals surface area contributed by atoms with Gasteiger partial charge in [0.1, 0.15) is 0 Å². The van der Waals surface area contributed by atoms with E-state index in [1.165, 1.54) is 5.56 Å². The van der Waals surface area contributed by atoms with Gasteiger partial charge in [0.25, 0.3) is 0 Å². The van der Waals surface area contributed by atoms with Gasteiger partial charge in [0.05, 0.1) is 20.6 Å². The highest BCUT2D eigenvalue weighted by atomic mass is 16.5. The summed E-state index contributed by atoms with van der Waals surface area (Å²) in [5.74, 6) is 1.16. The molecule has 110 valence electrons. The fourth-order valence-electron chi connectivity index (χ4n) is 2.01. The number of amides is 1.